The van der Waals surface area contributed by atoms with E-state index in [0.717, 1.165) is 16.1 Å². The van der Waals surface area contributed by atoms with Gasteiger partial charge in [0, 0.05) is 17.7 Å². The molecule has 1 aliphatic rings. The van der Waals surface area contributed by atoms with Gasteiger partial charge in [-0.3, -0.25) is 34.4 Å². The summed E-state index contributed by atoms with van der Waals surface area (Å²) in [7, 11) is 0. The topological polar surface area (TPSA) is 122 Å². The van der Waals surface area contributed by atoms with Gasteiger partial charge in [0.15, 0.2) is 12.4 Å². The molecule has 0 spiro atoms. The summed E-state index contributed by atoms with van der Waals surface area (Å²) in [6, 6.07) is 24.7. The fourth-order valence-corrected chi connectivity index (χ4v) is 4.20. The number of carbonyl (C=O) groups excluding carboxylic acids is 5. The predicted molar refractivity (Wildman–Crippen MR) is 139 cm³/mol. The van der Waals surface area contributed by atoms with Crippen LogP contribution in [0.25, 0.3) is 0 Å². The molecule has 0 aromatic heterocycles. The first-order chi connectivity index (χ1) is 18.3. The Kier molecular flexibility index (Phi) is 8.27. The van der Waals surface area contributed by atoms with E-state index in [1.54, 1.807) is 24.3 Å². The van der Waals surface area contributed by atoms with Crippen molar-refractivity contribution >= 4 is 35.2 Å². The summed E-state index contributed by atoms with van der Waals surface area (Å²) in [5.41, 5.74) is 5.14. The molecule has 0 bridgehead atoms. The van der Waals surface area contributed by atoms with Gasteiger partial charge in [0.25, 0.3) is 11.8 Å². The Hall–Kier alpha value is -4.79. The lowest BCUT2D eigenvalue weighted by Crippen LogP contribution is -2.45. The number of hydrogen-bond donors (Lipinski definition) is 2. The number of amides is 3. The Bertz CT molecular complexity index is 1290. The number of hydrazine groups is 1. The summed E-state index contributed by atoms with van der Waals surface area (Å²) in [5.74, 6) is -3.66. The Morgan fingerprint density at radius 3 is 2.03 bits per heavy atom. The first-order valence-corrected chi connectivity index (χ1v) is 12.1. The number of esters is 1. The minimum Gasteiger partial charge on any atom is -0.455 e. The number of hydrogen-bond acceptors (Lipinski definition) is 6. The minimum atomic E-state index is -0.822. The number of ketones is 1. The van der Waals surface area contributed by atoms with E-state index in [0.29, 0.717) is 11.3 Å². The van der Waals surface area contributed by atoms with E-state index < -0.39 is 42.1 Å². The number of anilines is 1. The van der Waals surface area contributed by atoms with Crippen molar-refractivity contribution in [3.63, 3.8) is 0 Å². The van der Waals surface area contributed by atoms with E-state index >= 15 is 0 Å². The van der Waals surface area contributed by atoms with E-state index in [9.17, 15) is 24.0 Å². The quantitative estimate of drug-likeness (QED) is 0.335. The smallest absolute Gasteiger partial charge is 0.311 e. The van der Waals surface area contributed by atoms with Crippen LogP contribution in [-0.4, -0.2) is 47.6 Å². The third-order valence-electron chi connectivity index (χ3n) is 6.15. The second-order valence-electron chi connectivity index (χ2n) is 8.93. The molecule has 194 valence electrons. The summed E-state index contributed by atoms with van der Waals surface area (Å²) >= 11 is 0. The molecule has 0 aliphatic carbocycles. The van der Waals surface area contributed by atoms with E-state index in [2.05, 4.69) is 10.7 Å². The lowest BCUT2D eigenvalue weighted by atomic mass is 9.91. The van der Waals surface area contributed by atoms with Crippen LogP contribution in [0, 0.1) is 5.92 Å². The normalized spacial score (nSPS) is 14.7. The first kappa shape index (κ1) is 26.3. The zero-order valence-corrected chi connectivity index (χ0v) is 20.8. The SMILES string of the molecule is CC(=O)c1ccc(NC(=O)COC(=O)[C@H]2CC(=O)N(NC(=O)C(c3ccccc3)c3ccccc3)C2)cc1. The average molecular weight is 514 g/mol. The molecule has 4 rings (SSSR count). The van der Waals surface area contributed by atoms with Gasteiger partial charge in [-0.15, -0.1) is 0 Å². The molecule has 2 N–H and O–H groups in total. The lowest BCUT2D eigenvalue weighted by molar-refractivity contribution is -0.151. The van der Waals surface area contributed by atoms with Crippen molar-refractivity contribution < 1.29 is 28.7 Å². The zero-order chi connectivity index (χ0) is 27.1. The number of Topliss-reactive ketones (excluding diaryl/α,β-unsaturated/α-hetero) is 1. The molecule has 1 heterocycles. The van der Waals surface area contributed by atoms with Gasteiger partial charge < -0.3 is 10.1 Å². The van der Waals surface area contributed by atoms with Gasteiger partial charge in [-0.05, 0) is 42.3 Å². The second-order valence-corrected chi connectivity index (χ2v) is 8.93. The first-order valence-electron chi connectivity index (χ1n) is 12.1. The van der Waals surface area contributed by atoms with Crippen LogP contribution < -0.4 is 10.7 Å². The van der Waals surface area contributed by atoms with Crippen LogP contribution in [-0.2, 0) is 23.9 Å². The van der Waals surface area contributed by atoms with Crippen LogP contribution in [0.1, 0.15) is 40.7 Å². The number of carbonyl (C=O) groups is 5. The van der Waals surface area contributed by atoms with Gasteiger partial charge >= 0.3 is 5.97 Å². The second kappa shape index (κ2) is 12.0. The molecule has 1 aliphatic heterocycles. The fraction of sp³-hybridized carbons (Fsp3) is 0.207. The van der Waals surface area contributed by atoms with Crippen LogP contribution in [0.2, 0.25) is 0 Å². The van der Waals surface area contributed by atoms with Gasteiger partial charge in [-0.1, -0.05) is 60.7 Å². The summed E-state index contributed by atoms with van der Waals surface area (Å²) < 4.78 is 5.11. The summed E-state index contributed by atoms with van der Waals surface area (Å²) in [5, 5.41) is 3.71. The summed E-state index contributed by atoms with van der Waals surface area (Å²) in [6.07, 6.45) is -0.144. The van der Waals surface area contributed by atoms with Crippen molar-refractivity contribution in [2.45, 2.75) is 19.3 Å². The zero-order valence-electron chi connectivity index (χ0n) is 20.8. The van der Waals surface area contributed by atoms with Crippen molar-refractivity contribution in [1.29, 1.82) is 0 Å². The molecular formula is C29H27N3O6. The van der Waals surface area contributed by atoms with Crippen LogP contribution in [0.4, 0.5) is 5.69 Å². The molecule has 0 saturated carbocycles. The molecule has 0 radical (unpaired) electrons. The Balaban J connectivity index is 1.32. The molecule has 1 fully saturated rings. The maximum absolute atomic E-state index is 13.3. The van der Waals surface area contributed by atoms with Crippen molar-refractivity contribution in [3.05, 3.63) is 102 Å². The van der Waals surface area contributed by atoms with Crippen LogP contribution in [0.3, 0.4) is 0 Å². The molecule has 3 aromatic rings. The van der Waals surface area contributed by atoms with Gasteiger partial charge in [0.1, 0.15) is 0 Å². The summed E-state index contributed by atoms with van der Waals surface area (Å²) in [4.78, 5) is 61.9. The predicted octanol–water partition coefficient (Wildman–Crippen LogP) is 3.08. The van der Waals surface area contributed by atoms with Gasteiger partial charge in [-0.25, -0.2) is 0 Å². The molecule has 1 saturated heterocycles. The van der Waals surface area contributed by atoms with Crippen molar-refractivity contribution in [2.75, 3.05) is 18.5 Å². The Labute approximate surface area is 219 Å². The van der Waals surface area contributed by atoms with Crippen LogP contribution in [0.5, 0.6) is 0 Å². The molecular weight excluding hydrogens is 486 g/mol. The van der Waals surface area contributed by atoms with Crippen molar-refractivity contribution in [3.8, 4) is 0 Å². The van der Waals surface area contributed by atoms with E-state index in [-0.39, 0.29) is 18.7 Å². The van der Waals surface area contributed by atoms with E-state index in [4.69, 9.17) is 4.74 Å². The number of benzene rings is 3. The van der Waals surface area contributed by atoms with Gasteiger partial charge in [0.05, 0.1) is 18.4 Å². The highest BCUT2D eigenvalue weighted by molar-refractivity contribution is 5.96. The Morgan fingerprint density at radius 2 is 1.47 bits per heavy atom. The number of rotatable bonds is 9. The minimum absolute atomic E-state index is 0.0617. The highest BCUT2D eigenvalue weighted by Crippen LogP contribution is 2.26. The monoisotopic (exact) mass is 513 g/mol. The molecule has 9 heteroatoms. The molecule has 3 amide bonds. The number of nitrogens with one attached hydrogen (secondary N) is 2. The van der Waals surface area contributed by atoms with E-state index in [1.807, 2.05) is 60.7 Å². The molecule has 1 atom stereocenters. The number of ether oxygens (including phenoxy) is 1. The van der Waals surface area contributed by atoms with E-state index in [1.165, 1.54) is 6.92 Å². The molecule has 38 heavy (non-hydrogen) atoms. The molecule has 3 aromatic carbocycles. The highest BCUT2D eigenvalue weighted by atomic mass is 16.5. The maximum Gasteiger partial charge on any atom is 0.311 e. The standard InChI is InChI=1S/C29H27N3O6/c1-19(33)20-12-14-24(15-13-20)30-25(34)18-38-29(37)23-16-26(35)32(17-23)31-28(36)27(21-8-4-2-5-9-21)22-10-6-3-7-11-22/h2-15,23,27H,16-18H2,1H3,(H,30,34)(H,31,36)/t23-/m0/s1. The maximum atomic E-state index is 13.3. The highest BCUT2D eigenvalue weighted by Gasteiger charge is 2.37. The van der Waals surface area contributed by atoms with Crippen LogP contribution in [0.15, 0.2) is 84.9 Å². The molecule has 9 nitrogen and oxygen atoms in total. The average Bonchev–Trinajstić information content (AvgIpc) is 3.29. The van der Waals surface area contributed by atoms with Crippen LogP contribution >= 0.6 is 0 Å². The third-order valence-corrected chi connectivity index (χ3v) is 6.15. The van der Waals surface area contributed by atoms with Crippen molar-refractivity contribution in [1.82, 2.24) is 10.4 Å². The molecule has 0 unspecified atom stereocenters. The Morgan fingerprint density at radius 1 is 0.895 bits per heavy atom. The fourth-order valence-electron chi connectivity index (χ4n) is 4.20. The number of nitrogens with zero attached hydrogens (tertiary/aromatic N) is 1. The summed E-state index contributed by atoms with van der Waals surface area (Å²) in [6.45, 7) is 0.848. The third kappa shape index (κ3) is 6.50. The van der Waals surface area contributed by atoms with Gasteiger partial charge in [0.2, 0.25) is 5.91 Å². The largest absolute Gasteiger partial charge is 0.455 e. The van der Waals surface area contributed by atoms with Gasteiger partial charge in [-0.2, -0.15) is 0 Å². The lowest BCUT2D eigenvalue weighted by Gasteiger charge is -2.23. The van der Waals surface area contributed by atoms with Crippen molar-refractivity contribution in [2.24, 2.45) is 5.92 Å².